The Morgan fingerprint density at radius 3 is 2.78 bits per heavy atom. The molecule has 3 heteroatoms. The number of benzene rings is 1. The van der Waals surface area contributed by atoms with Gasteiger partial charge in [-0.1, -0.05) is 37.0 Å². The van der Waals surface area contributed by atoms with E-state index in [1.54, 1.807) is 0 Å². The number of rotatable bonds is 0. The van der Waals surface area contributed by atoms with Gasteiger partial charge in [-0.25, -0.2) is 0 Å². The second-order valence-corrected chi connectivity index (χ2v) is 6.67. The lowest BCUT2D eigenvalue weighted by atomic mass is 9.76. The first-order valence-electron chi connectivity index (χ1n) is 6.23. The fourth-order valence-electron chi connectivity index (χ4n) is 2.70. The molecule has 1 aliphatic rings. The lowest BCUT2D eigenvalue weighted by Gasteiger charge is -2.31. The number of aromatic nitrogens is 1. The molecule has 1 nitrogen and oxygen atoms in total. The van der Waals surface area contributed by atoms with E-state index in [0.717, 1.165) is 40.9 Å². The van der Waals surface area contributed by atoms with Gasteiger partial charge < -0.3 is 0 Å². The molecule has 1 aromatic carbocycles. The zero-order valence-corrected chi connectivity index (χ0v) is 12.1. The van der Waals surface area contributed by atoms with Crippen LogP contribution in [0.4, 0.5) is 0 Å². The Morgan fingerprint density at radius 1 is 1.22 bits per heavy atom. The van der Waals surface area contributed by atoms with Gasteiger partial charge in [-0.15, -0.1) is 0 Å². The van der Waals surface area contributed by atoms with Gasteiger partial charge in [0.1, 0.15) is 0 Å². The molecule has 18 heavy (non-hydrogen) atoms. The van der Waals surface area contributed by atoms with Crippen LogP contribution in [-0.2, 0) is 12.8 Å². The minimum absolute atomic E-state index is 0.318. The number of aryl methyl sites for hydroxylation is 1. The number of hydrogen-bond donors (Lipinski definition) is 0. The quantitative estimate of drug-likeness (QED) is 0.657. The topological polar surface area (TPSA) is 12.9 Å². The van der Waals surface area contributed by atoms with E-state index in [2.05, 4.69) is 13.8 Å². The molecule has 3 rings (SSSR count). The summed E-state index contributed by atoms with van der Waals surface area (Å²) in [6, 6.07) is 5.73. The van der Waals surface area contributed by atoms with Crippen molar-refractivity contribution in [1.82, 2.24) is 4.98 Å². The molecule has 0 unspecified atom stereocenters. The van der Waals surface area contributed by atoms with Crippen molar-refractivity contribution < 1.29 is 0 Å². The summed E-state index contributed by atoms with van der Waals surface area (Å²) < 4.78 is 0. The maximum Gasteiger partial charge on any atom is 0.0735 e. The number of nitrogens with zero attached hydrogens (tertiary/aromatic N) is 1. The smallest absolute Gasteiger partial charge is 0.0735 e. The van der Waals surface area contributed by atoms with Gasteiger partial charge in [-0.3, -0.25) is 4.98 Å². The SMILES string of the molecule is CC1(C)CCc2nc3cc(Cl)ccc3c(Cl)c2C1. The minimum Gasteiger partial charge on any atom is -0.252 e. The summed E-state index contributed by atoms with van der Waals surface area (Å²) >= 11 is 12.6. The Hall–Kier alpha value is -0.790. The van der Waals surface area contributed by atoms with Crippen LogP contribution in [0.3, 0.4) is 0 Å². The van der Waals surface area contributed by atoms with Gasteiger partial charge >= 0.3 is 0 Å². The van der Waals surface area contributed by atoms with Crippen molar-refractivity contribution in [3.05, 3.63) is 39.5 Å². The van der Waals surface area contributed by atoms with Crippen molar-refractivity contribution in [2.24, 2.45) is 5.41 Å². The molecule has 1 aromatic heterocycles. The maximum atomic E-state index is 6.56. The molecule has 94 valence electrons. The highest BCUT2D eigenvalue weighted by molar-refractivity contribution is 6.37. The van der Waals surface area contributed by atoms with Crippen LogP contribution in [0.1, 0.15) is 31.5 Å². The van der Waals surface area contributed by atoms with Crippen LogP contribution in [0.5, 0.6) is 0 Å². The van der Waals surface area contributed by atoms with E-state index < -0.39 is 0 Å². The largest absolute Gasteiger partial charge is 0.252 e. The zero-order chi connectivity index (χ0) is 12.9. The third-order valence-corrected chi connectivity index (χ3v) is 4.43. The normalized spacial score (nSPS) is 17.8. The first-order valence-corrected chi connectivity index (χ1v) is 6.98. The predicted octanol–water partition coefficient (Wildman–Crippen LogP) is 5.06. The Labute approximate surface area is 117 Å². The van der Waals surface area contributed by atoms with Gasteiger partial charge in [0, 0.05) is 16.1 Å². The molecule has 0 amide bonds. The predicted molar refractivity (Wildman–Crippen MR) is 77.6 cm³/mol. The molecule has 1 heterocycles. The molecule has 1 aliphatic carbocycles. The first-order chi connectivity index (χ1) is 8.46. The van der Waals surface area contributed by atoms with Crippen LogP contribution >= 0.6 is 23.2 Å². The van der Waals surface area contributed by atoms with E-state index in [1.165, 1.54) is 5.56 Å². The lowest BCUT2D eigenvalue weighted by molar-refractivity contribution is 0.313. The zero-order valence-electron chi connectivity index (χ0n) is 10.6. The van der Waals surface area contributed by atoms with Crippen molar-refractivity contribution in [2.45, 2.75) is 33.1 Å². The van der Waals surface area contributed by atoms with E-state index in [1.807, 2.05) is 18.2 Å². The molecule has 0 saturated heterocycles. The highest BCUT2D eigenvalue weighted by atomic mass is 35.5. The summed E-state index contributed by atoms with van der Waals surface area (Å²) in [7, 11) is 0. The highest BCUT2D eigenvalue weighted by Crippen LogP contribution is 2.40. The molecule has 0 atom stereocenters. The van der Waals surface area contributed by atoms with Crippen LogP contribution in [0.25, 0.3) is 10.9 Å². The number of hydrogen-bond acceptors (Lipinski definition) is 1. The van der Waals surface area contributed by atoms with E-state index >= 15 is 0 Å². The van der Waals surface area contributed by atoms with Crippen LogP contribution in [0.2, 0.25) is 10.0 Å². The summed E-state index contributed by atoms with van der Waals surface area (Å²) in [6.07, 6.45) is 3.17. The number of pyridine rings is 1. The molecule has 0 N–H and O–H groups in total. The van der Waals surface area contributed by atoms with E-state index in [0.29, 0.717) is 10.4 Å². The molecule has 0 spiro atoms. The monoisotopic (exact) mass is 279 g/mol. The van der Waals surface area contributed by atoms with Crippen LogP contribution in [-0.4, -0.2) is 4.98 Å². The summed E-state index contributed by atoms with van der Waals surface area (Å²) in [5.74, 6) is 0. The molecule has 0 aliphatic heterocycles. The standard InChI is InChI=1S/C15H15Cl2N/c1-15(2)6-5-12-11(8-15)14(17)10-4-3-9(16)7-13(10)18-12/h3-4,7H,5-6,8H2,1-2H3. The van der Waals surface area contributed by atoms with Gasteiger partial charge in [0.15, 0.2) is 0 Å². The molecular weight excluding hydrogens is 265 g/mol. The van der Waals surface area contributed by atoms with E-state index in [-0.39, 0.29) is 0 Å². The molecule has 0 fully saturated rings. The van der Waals surface area contributed by atoms with Crippen LogP contribution < -0.4 is 0 Å². The fourth-order valence-corrected chi connectivity index (χ4v) is 3.20. The average molecular weight is 280 g/mol. The fraction of sp³-hybridized carbons (Fsp3) is 0.400. The van der Waals surface area contributed by atoms with E-state index in [9.17, 15) is 0 Å². The Balaban J connectivity index is 2.26. The van der Waals surface area contributed by atoms with Gasteiger partial charge in [0.05, 0.1) is 10.5 Å². The van der Waals surface area contributed by atoms with Crippen molar-refractivity contribution in [3.63, 3.8) is 0 Å². The van der Waals surface area contributed by atoms with Gasteiger partial charge in [-0.2, -0.15) is 0 Å². The summed E-state index contributed by atoms with van der Waals surface area (Å²) in [4.78, 5) is 4.73. The minimum atomic E-state index is 0.318. The number of fused-ring (bicyclic) bond motifs is 2. The van der Waals surface area contributed by atoms with Gasteiger partial charge in [-0.05, 0) is 48.4 Å². The molecular formula is C15H15Cl2N. The van der Waals surface area contributed by atoms with Crippen molar-refractivity contribution in [3.8, 4) is 0 Å². The van der Waals surface area contributed by atoms with Crippen molar-refractivity contribution in [2.75, 3.05) is 0 Å². The van der Waals surface area contributed by atoms with Crippen LogP contribution in [0.15, 0.2) is 18.2 Å². The average Bonchev–Trinajstić information content (AvgIpc) is 2.30. The summed E-state index contributed by atoms with van der Waals surface area (Å²) in [6.45, 7) is 4.58. The lowest BCUT2D eigenvalue weighted by Crippen LogP contribution is -2.23. The molecule has 0 radical (unpaired) electrons. The molecule has 0 bridgehead atoms. The van der Waals surface area contributed by atoms with Gasteiger partial charge in [0.2, 0.25) is 0 Å². The van der Waals surface area contributed by atoms with Crippen molar-refractivity contribution in [1.29, 1.82) is 0 Å². The second-order valence-electron chi connectivity index (χ2n) is 5.85. The second kappa shape index (κ2) is 4.11. The molecule has 0 saturated carbocycles. The van der Waals surface area contributed by atoms with Gasteiger partial charge in [0.25, 0.3) is 0 Å². The maximum absolute atomic E-state index is 6.56. The van der Waals surface area contributed by atoms with E-state index in [4.69, 9.17) is 28.2 Å². The third-order valence-electron chi connectivity index (χ3n) is 3.76. The Kier molecular flexibility index (Phi) is 2.80. The highest BCUT2D eigenvalue weighted by Gasteiger charge is 2.28. The number of halogens is 2. The van der Waals surface area contributed by atoms with Crippen molar-refractivity contribution >= 4 is 34.1 Å². The van der Waals surface area contributed by atoms with Crippen LogP contribution in [0, 0.1) is 5.41 Å². The summed E-state index contributed by atoms with van der Waals surface area (Å²) in [5.41, 5.74) is 3.60. The Bertz CT molecular complexity index is 632. The molecule has 2 aromatic rings. The Morgan fingerprint density at radius 2 is 2.00 bits per heavy atom. The third kappa shape index (κ3) is 2.00. The summed E-state index contributed by atoms with van der Waals surface area (Å²) in [5, 5.41) is 2.58. The first kappa shape index (κ1) is 12.3.